The molecule has 0 fully saturated rings. The number of nitrogens with one attached hydrogen (secondary N) is 3. The molecule has 0 aliphatic rings. The first-order chi connectivity index (χ1) is 16.0. The number of para-hydroxylation sites is 1. The van der Waals surface area contributed by atoms with Crippen molar-refractivity contribution in [2.45, 2.75) is 13.5 Å². The van der Waals surface area contributed by atoms with Crippen molar-refractivity contribution in [1.82, 2.24) is 10.3 Å². The molecule has 0 spiro atoms. The van der Waals surface area contributed by atoms with Crippen molar-refractivity contribution in [1.29, 1.82) is 0 Å². The summed E-state index contributed by atoms with van der Waals surface area (Å²) in [5, 5.41) is 6.58. The van der Waals surface area contributed by atoms with Gasteiger partial charge in [-0.2, -0.15) is 0 Å². The van der Waals surface area contributed by atoms with Crippen LogP contribution in [0.25, 0.3) is 10.9 Å². The van der Waals surface area contributed by atoms with Crippen LogP contribution in [0, 0.1) is 6.92 Å². The Morgan fingerprint density at radius 2 is 1.73 bits per heavy atom. The van der Waals surface area contributed by atoms with E-state index in [2.05, 4.69) is 15.6 Å². The van der Waals surface area contributed by atoms with E-state index in [0.29, 0.717) is 22.7 Å². The molecule has 0 saturated heterocycles. The highest BCUT2D eigenvalue weighted by molar-refractivity contribution is 6.15. The average Bonchev–Trinajstić information content (AvgIpc) is 3.20. The number of benzene rings is 3. The number of hydrogen-bond donors (Lipinski definition) is 3. The molecular weight excluding hydrogens is 418 g/mol. The molecule has 0 radical (unpaired) electrons. The van der Waals surface area contributed by atoms with Gasteiger partial charge in [-0.25, -0.2) is 0 Å². The van der Waals surface area contributed by atoms with Gasteiger partial charge in [0.25, 0.3) is 11.8 Å². The van der Waals surface area contributed by atoms with Crippen LogP contribution in [0.2, 0.25) is 0 Å². The van der Waals surface area contributed by atoms with Crippen LogP contribution in [-0.2, 0) is 6.54 Å². The third-order valence-corrected chi connectivity index (χ3v) is 5.38. The minimum Gasteiger partial charge on any atom is -0.497 e. The lowest BCUT2D eigenvalue weighted by molar-refractivity contribution is 0.0947. The van der Waals surface area contributed by atoms with E-state index < -0.39 is 0 Å². The summed E-state index contributed by atoms with van der Waals surface area (Å²) in [4.78, 5) is 29.2. The van der Waals surface area contributed by atoms with Crippen LogP contribution in [0.1, 0.15) is 32.0 Å². The van der Waals surface area contributed by atoms with Crippen molar-refractivity contribution in [2.24, 2.45) is 0 Å². The van der Waals surface area contributed by atoms with Gasteiger partial charge in [-0.1, -0.05) is 35.9 Å². The first-order valence-electron chi connectivity index (χ1n) is 10.5. The predicted octanol–water partition coefficient (Wildman–Crippen LogP) is 4.68. The molecule has 33 heavy (non-hydrogen) atoms. The van der Waals surface area contributed by atoms with Gasteiger partial charge in [0.2, 0.25) is 0 Å². The molecular formula is C26H25N3O4. The monoisotopic (exact) mass is 443 g/mol. The number of ether oxygens (including phenoxy) is 2. The number of carbonyl (C=O) groups is 2. The number of aromatic amines is 1. The molecule has 0 aliphatic carbocycles. The normalized spacial score (nSPS) is 10.6. The summed E-state index contributed by atoms with van der Waals surface area (Å²) < 4.78 is 10.7. The smallest absolute Gasteiger partial charge is 0.270 e. The standard InChI is InChI=1S/C26H25N3O4/c1-16-7-6-8-17(13-16)25(30)29-23-20-9-4-5-10-21(20)28-24(23)26(31)27-15-18-14-19(32-2)11-12-22(18)33-3/h4-14,28H,15H2,1-3H3,(H,27,31)(H,29,30). The van der Waals surface area contributed by atoms with Crippen molar-refractivity contribution in [2.75, 3.05) is 19.5 Å². The molecule has 0 saturated carbocycles. The maximum absolute atomic E-state index is 13.2. The predicted molar refractivity (Wildman–Crippen MR) is 128 cm³/mol. The second-order valence-corrected chi connectivity index (χ2v) is 7.60. The number of H-pyrrole nitrogens is 1. The number of rotatable bonds is 7. The fourth-order valence-electron chi connectivity index (χ4n) is 3.70. The van der Waals surface area contributed by atoms with Crippen LogP contribution >= 0.6 is 0 Å². The zero-order valence-corrected chi connectivity index (χ0v) is 18.7. The van der Waals surface area contributed by atoms with Gasteiger partial charge in [-0.05, 0) is 43.3 Å². The van der Waals surface area contributed by atoms with E-state index in [-0.39, 0.29) is 24.1 Å². The molecule has 7 heteroatoms. The van der Waals surface area contributed by atoms with Gasteiger partial charge < -0.3 is 25.1 Å². The van der Waals surface area contributed by atoms with Crippen LogP contribution in [0.3, 0.4) is 0 Å². The van der Waals surface area contributed by atoms with Gasteiger partial charge in [-0.3, -0.25) is 9.59 Å². The lowest BCUT2D eigenvalue weighted by Crippen LogP contribution is -2.25. The maximum Gasteiger partial charge on any atom is 0.270 e. The number of hydrogen-bond acceptors (Lipinski definition) is 4. The van der Waals surface area contributed by atoms with E-state index in [0.717, 1.165) is 22.0 Å². The van der Waals surface area contributed by atoms with Gasteiger partial charge in [0.1, 0.15) is 17.2 Å². The summed E-state index contributed by atoms with van der Waals surface area (Å²) in [6.07, 6.45) is 0. The van der Waals surface area contributed by atoms with Crippen molar-refractivity contribution in [3.63, 3.8) is 0 Å². The van der Waals surface area contributed by atoms with Crippen LogP contribution in [0.5, 0.6) is 11.5 Å². The highest BCUT2D eigenvalue weighted by atomic mass is 16.5. The molecule has 168 valence electrons. The van der Waals surface area contributed by atoms with E-state index in [4.69, 9.17) is 9.47 Å². The molecule has 1 aromatic heterocycles. The van der Waals surface area contributed by atoms with E-state index in [1.165, 1.54) is 0 Å². The Morgan fingerprint density at radius 1 is 0.909 bits per heavy atom. The molecule has 3 aromatic carbocycles. The van der Waals surface area contributed by atoms with Crippen LogP contribution in [-0.4, -0.2) is 31.0 Å². The zero-order valence-electron chi connectivity index (χ0n) is 18.7. The summed E-state index contributed by atoms with van der Waals surface area (Å²) in [6, 6.07) is 20.1. The Kier molecular flexibility index (Phi) is 6.31. The first kappa shape index (κ1) is 22.0. The number of anilines is 1. The Labute approximate surface area is 191 Å². The Hall–Kier alpha value is -4.26. The van der Waals surface area contributed by atoms with E-state index >= 15 is 0 Å². The zero-order chi connectivity index (χ0) is 23.4. The summed E-state index contributed by atoms with van der Waals surface area (Å²) in [5.74, 6) is 0.667. The third kappa shape index (κ3) is 4.67. The highest BCUT2D eigenvalue weighted by Gasteiger charge is 2.20. The summed E-state index contributed by atoms with van der Waals surface area (Å²) in [5.41, 5.74) is 3.73. The van der Waals surface area contributed by atoms with E-state index in [1.807, 2.05) is 49.4 Å². The highest BCUT2D eigenvalue weighted by Crippen LogP contribution is 2.29. The van der Waals surface area contributed by atoms with E-state index in [9.17, 15) is 9.59 Å². The van der Waals surface area contributed by atoms with Crippen molar-refractivity contribution >= 4 is 28.4 Å². The van der Waals surface area contributed by atoms with Gasteiger partial charge in [0.15, 0.2) is 0 Å². The Bertz CT molecular complexity index is 1330. The van der Waals surface area contributed by atoms with E-state index in [1.54, 1.807) is 38.5 Å². The summed E-state index contributed by atoms with van der Waals surface area (Å²) in [7, 11) is 3.15. The second kappa shape index (κ2) is 9.48. The fraction of sp³-hybridized carbons (Fsp3) is 0.154. The van der Waals surface area contributed by atoms with Gasteiger partial charge in [-0.15, -0.1) is 0 Å². The summed E-state index contributed by atoms with van der Waals surface area (Å²) >= 11 is 0. The van der Waals surface area contributed by atoms with Crippen molar-refractivity contribution in [3.05, 3.63) is 89.1 Å². The molecule has 0 aliphatic heterocycles. The van der Waals surface area contributed by atoms with Crippen LogP contribution in [0.15, 0.2) is 66.7 Å². The second-order valence-electron chi connectivity index (χ2n) is 7.60. The molecule has 4 aromatic rings. The van der Waals surface area contributed by atoms with Crippen molar-refractivity contribution < 1.29 is 19.1 Å². The molecule has 0 bridgehead atoms. The first-order valence-corrected chi connectivity index (χ1v) is 10.5. The number of carbonyl (C=O) groups excluding carboxylic acids is 2. The number of fused-ring (bicyclic) bond motifs is 1. The average molecular weight is 444 g/mol. The number of aromatic nitrogens is 1. The number of aryl methyl sites for hydroxylation is 1. The molecule has 4 rings (SSSR count). The molecule has 0 atom stereocenters. The fourth-order valence-corrected chi connectivity index (χ4v) is 3.70. The van der Waals surface area contributed by atoms with Crippen molar-refractivity contribution in [3.8, 4) is 11.5 Å². The van der Waals surface area contributed by atoms with Crippen LogP contribution in [0.4, 0.5) is 5.69 Å². The molecule has 1 heterocycles. The molecule has 0 unspecified atom stereocenters. The Morgan fingerprint density at radius 3 is 2.48 bits per heavy atom. The van der Waals surface area contributed by atoms with Gasteiger partial charge in [0.05, 0.1) is 19.9 Å². The number of amides is 2. The minimum atomic E-state index is -0.351. The minimum absolute atomic E-state index is 0.222. The topological polar surface area (TPSA) is 92.4 Å². The van der Waals surface area contributed by atoms with Gasteiger partial charge >= 0.3 is 0 Å². The SMILES string of the molecule is COc1ccc(OC)c(CNC(=O)c2[nH]c3ccccc3c2NC(=O)c2cccc(C)c2)c1. The molecule has 7 nitrogen and oxygen atoms in total. The third-order valence-electron chi connectivity index (χ3n) is 5.38. The lowest BCUT2D eigenvalue weighted by atomic mass is 10.1. The van der Waals surface area contributed by atoms with Gasteiger partial charge in [0, 0.05) is 28.6 Å². The van der Waals surface area contributed by atoms with Crippen LogP contribution < -0.4 is 20.1 Å². The molecule has 2 amide bonds. The quantitative estimate of drug-likeness (QED) is 0.387. The maximum atomic E-state index is 13.2. The largest absolute Gasteiger partial charge is 0.497 e. The molecule has 3 N–H and O–H groups in total. The number of methoxy groups -OCH3 is 2. The Balaban J connectivity index is 1.62. The summed E-state index contributed by atoms with van der Waals surface area (Å²) in [6.45, 7) is 2.15. The lowest BCUT2D eigenvalue weighted by Gasteiger charge is -2.12.